The van der Waals surface area contributed by atoms with Crippen LogP contribution in [0.2, 0.25) is 0 Å². The molecule has 0 radical (unpaired) electrons. The number of rotatable bonds is 7. The Morgan fingerprint density at radius 1 is 1.30 bits per heavy atom. The molecule has 114 valence electrons. The predicted octanol–water partition coefficient (Wildman–Crippen LogP) is 2.18. The largest absolute Gasteiger partial charge is 0.461 e. The second-order valence-corrected chi connectivity index (χ2v) is 5.68. The van der Waals surface area contributed by atoms with Gasteiger partial charge in [-0.3, -0.25) is 0 Å². The number of aryl methyl sites for hydroxylation is 1. The van der Waals surface area contributed by atoms with Crippen LogP contribution < -0.4 is 0 Å². The van der Waals surface area contributed by atoms with Crippen molar-refractivity contribution in [1.29, 1.82) is 0 Å². The van der Waals surface area contributed by atoms with E-state index < -0.39 is 5.97 Å². The van der Waals surface area contributed by atoms with Gasteiger partial charge in [0, 0.05) is 25.7 Å². The van der Waals surface area contributed by atoms with Crippen molar-refractivity contribution in [1.82, 2.24) is 15.0 Å². The third kappa shape index (κ3) is 4.30. The van der Waals surface area contributed by atoms with Gasteiger partial charge in [-0.05, 0) is 19.8 Å². The van der Waals surface area contributed by atoms with Crippen LogP contribution in [0, 0.1) is 0 Å². The van der Waals surface area contributed by atoms with Crippen LogP contribution in [0.5, 0.6) is 0 Å². The van der Waals surface area contributed by atoms with E-state index in [2.05, 4.69) is 10.3 Å². The lowest BCUT2D eigenvalue weighted by atomic mass is 9.90. The minimum Gasteiger partial charge on any atom is -0.461 e. The molecule has 0 aliphatic carbocycles. The van der Waals surface area contributed by atoms with Crippen molar-refractivity contribution < 1.29 is 14.3 Å². The molecule has 0 saturated carbocycles. The highest BCUT2D eigenvalue weighted by Gasteiger charge is 2.29. The van der Waals surface area contributed by atoms with Crippen LogP contribution in [0.3, 0.4) is 0 Å². The Kier molecular flexibility index (Phi) is 6.13. The molecule has 0 fully saturated rings. The number of methoxy groups -OCH3 is 1. The quantitative estimate of drug-likeness (QED) is 0.567. The zero-order valence-electron chi connectivity index (χ0n) is 13.1. The maximum absolute atomic E-state index is 11.9. The summed E-state index contributed by atoms with van der Waals surface area (Å²) in [6.45, 7) is 9.69. The number of aromatic nitrogens is 3. The van der Waals surface area contributed by atoms with E-state index in [1.165, 1.54) is 0 Å². The number of hydrogen-bond acceptors (Lipinski definition) is 5. The van der Waals surface area contributed by atoms with E-state index in [0.717, 1.165) is 31.7 Å². The summed E-state index contributed by atoms with van der Waals surface area (Å²) < 4.78 is 11.9. The van der Waals surface area contributed by atoms with Gasteiger partial charge < -0.3 is 9.47 Å². The summed E-state index contributed by atoms with van der Waals surface area (Å²) in [5.41, 5.74) is 0.937. The average molecular weight is 283 g/mol. The van der Waals surface area contributed by atoms with Gasteiger partial charge in [0.2, 0.25) is 0 Å². The first-order chi connectivity index (χ1) is 9.41. The minimum atomic E-state index is -0.402. The van der Waals surface area contributed by atoms with Crippen LogP contribution in [-0.4, -0.2) is 41.3 Å². The maximum atomic E-state index is 11.9. The van der Waals surface area contributed by atoms with Crippen molar-refractivity contribution in [2.45, 2.75) is 52.5 Å². The lowest BCUT2D eigenvalue weighted by Crippen LogP contribution is -2.22. The summed E-state index contributed by atoms with van der Waals surface area (Å²) in [6.07, 6.45) is 1.89. The molecule has 0 saturated heterocycles. The highest BCUT2D eigenvalue weighted by Crippen LogP contribution is 2.25. The SMILES string of the molecule is CCOC(=O)c1nnn(CCCCOC)c1C(C)(C)C. The third-order valence-electron chi connectivity index (χ3n) is 2.88. The number of ether oxygens (including phenoxy) is 2. The van der Waals surface area contributed by atoms with E-state index in [9.17, 15) is 4.79 Å². The minimum absolute atomic E-state index is 0.215. The van der Waals surface area contributed by atoms with Crippen LogP contribution in [0.25, 0.3) is 0 Å². The Morgan fingerprint density at radius 3 is 2.55 bits per heavy atom. The lowest BCUT2D eigenvalue weighted by Gasteiger charge is -2.20. The van der Waals surface area contributed by atoms with Crippen molar-refractivity contribution in [3.05, 3.63) is 11.4 Å². The average Bonchev–Trinajstić information content (AvgIpc) is 2.79. The van der Waals surface area contributed by atoms with E-state index in [1.807, 2.05) is 25.5 Å². The molecule has 6 heteroatoms. The number of unbranched alkanes of at least 4 members (excludes halogenated alkanes) is 1. The molecule has 1 heterocycles. The van der Waals surface area contributed by atoms with Crippen LogP contribution >= 0.6 is 0 Å². The monoisotopic (exact) mass is 283 g/mol. The lowest BCUT2D eigenvalue weighted by molar-refractivity contribution is 0.0516. The fraction of sp³-hybridized carbons (Fsp3) is 0.786. The van der Waals surface area contributed by atoms with Gasteiger partial charge in [0.15, 0.2) is 5.69 Å². The fourth-order valence-electron chi connectivity index (χ4n) is 2.06. The van der Waals surface area contributed by atoms with E-state index in [4.69, 9.17) is 9.47 Å². The molecular weight excluding hydrogens is 258 g/mol. The second-order valence-electron chi connectivity index (χ2n) is 5.68. The molecule has 6 nitrogen and oxygen atoms in total. The van der Waals surface area contributed by atoms with Crippen LogP contribution in [-0.2, 0) is 21.4 Å². The molecule has 0 atom stereocenters. The molecule has 0 unspecified atom stereocenters. The van der Waals surface area contributed by atoms with Crippen molar-refractivity contribution in [3.8, 4) is 0 Å². The Bertz CT molecular complexity index is 435. The first-order valence-electron chi connectivity index (χ1n) is 7.01. The number of carbonyl (C=O) groups excluding carboxylic acids is 1. The topological polar surface area (TPSA) is 66.2 Å². The van der Waals surface area contributed by atoms with Gasteiger partial charge in [-0.1, -0.05) is 26.0 Å². The summed E-state index contributed by atoms with van der Waals surface area (Å²) in [5, 5.41) is 8.12. The zero-order valence-corrected chi connectivity index (χ0v) is 13.1. The van der Waals surface area contributed by atoms with Gasteiger partial charge in [0.05, 0.1) is 12.3 Å². The molecular formula is C14H25N3O3. The van der Waals surface area contributed by atoms with Gasteiger partial charge in [-0.15, -0.1) is 5.10 Å². The van der Waals surface area contributed by atoms with Crippen molar-refractivity contribution in [2.75, 3.05) is 20.3 Å². The highest BCUT2D eigenvalue weighted by molar-refractivity contribution is 5.88. The summed E-state index contributed by atoms with van der Waals surface area (Å²) in [7, 11) is 1.69. The Labute approximate surface area is 120 Å². The molecule has 0 bridgehead atoms. The molecule has 1 rings (SSSR count). The summed E-state index contributed by atoms with van der Waals surface area (Å²) >= 11 is 0. The van der Waals surface area contributed by atoms with E-state index in [-0.39, 0.29) is 5.41 Å². The molecule has 1 aromatic rings. The number of nitrogens with zero attached hydrogens (tertiary/aromatic N) is 3. The predicted molar refractivity (Wildman–Crippen MR) is 75.8 cm³/mol. The standard InChI is InChI=1S/C14H25N3O3/c1-6-20-13(18)11-12(14(2,3)4)17(16-15-11)9-7-8-10-19-5/h6-10H2,1-5H3. The molecule has 0 amide bonds. The van der Waals surface area contributed by atoms with Crippen molar-refractivity contribution >= 4 is 5.97 Å². The Hall–Kier alpha value is -1.43. The third-order valence-corrected chi connectivity index (χ3v) is 2.88. The maximum Gasteiger partial charge on any atom is 0.360 e. The van der Waals surface area contributed by atoms with Crippen LogP contribution in [0.4, 0.5) is 0 Å². The second kappa shape index (κ2) is 7.38. The molecule has 20 heavy (non-hydrogen) atoms. The molecule has 0 aromatic carbocycles. The van der Waals surface area contributed by atoms with Gasteiger partial charge >= 0.3 is 5.97 Å². The summed E-state index contributed by atoms with van der Waals surface area (Å²) in [4.78, 5) is 11.9. The van der Waals surface area contributed by atoms with Crippen LogP contribution in [0.1, 0.15) is 56.7 Å². The van der Waals surface area contributed by atoms with Crippen molar-refractivity contribution in [3.63, 3.8) is 0 Å². The Balaban J connectivity index is 2.92. The zero-order chi connectivity index (χ0) is 15.2. The first kappa shape index (κ1) is 16.6. The van der Waals surface area contributed by atoms with Crippen LogP contribution in [0.15, 0.2) is 0 Å². The Morgan fingerprint density at radius 2 is 2.00 bits per heavy atom. The van der Waals surface area contributed by atoms with Gasteiger partial charge in [0.25, 0.3) is 0 Å². The smallest absolute Gasteiger partial charge is 0.360 e. The highest BCUT2D eigenvalue weighted by atomic mass is 16.5. The number of carbonyl (C=O) groups is 1. The van der Waals surface area contributed by atoms with E-state index >= 15 is 0 Å². The molecule has 0 aliphatic rings. The van der Waals surface area contributed by atoms with Crippen molar-refractivity contribution in [2.24, 2.45) is 0 Å². The van der Waals surface area contributed by atoms with Gasteiger partial charge in [-0.25, -0.2) is 9.48 Å². The molecule has 1 aromatic heterocycles. The fourth-order valence-corrected chi connectivity index (χ4v) is 2.06. The number of esters is 1. The molecule has 0 aliphatic heterocycles. The summed E-state index contributed by atoms with van der Waals surface area (Å²) in [5.74, 6) is -0.402. The molecule has 0 N–H and O–H groups in total. The summed E-state index contributed by atoms with van der Waals surface area (Å²) in [6, 6.07) is 0. The molecule has 0 spiro atoms. The van der Waals surface area contributed by atoms with E-state index in [1.54, 1.807) is 14.0 Å². The van der Waals surface area contributed by atoms with E-state index in [0.29, 0.717) is 12.3 Å². The normalized spacial score (nSPS) is 11.7. The van der Waals surface area contributed by atoms with Gasteiger partial charge in [0.1, 0.15) is 0 Å². The van der Waals surface area contributed by atoms with Gasteiger partial charge in [-0.2, -0.15) is 0 Å². The first-order valence-corrected chi connectivity index (χ1v) is 7.01. The number of hydrogen-bond donors (Lipinski definition) is 0.